The highest BCUT2D eigenvalue weighted by atomic mass is 127. The molecule has 1 heterocycles. The normalized spacial score (nSPS) is 18.2. The van der Waals surface area contributed by atoms with E-state index in [1.807, 2.05) is 13.8 Å². The van der Waals surface area contributed by atoms with Gasteiger partial charge in [-0.15, -0.1) is 24.0 Å². The van der Waals surface area contributed by atoms with Gasteiger partial charge < -0.3 is 10.6 Å². The van der Waals surface area contributed by atoms with Gasteiger partial charge in [0.25, 0.3) is 0 Å². The van der Waals surface area contributed by atoms with Gasteiger partial charge in [-0.3, -0.25) is 4.99 Å². The third-order valence-electron chi connectivity index (χ3n) is 4.54. The summed E-state index contributed by atoms with van der Waals surface area (Å²) in [7, 11) is -3.18. The van der Waals surface area contributed by atoms with Crippen LogP contribution in [0.1, 0.15) is 30.9 Å². The van der Waals surface area contributed by atoms with Gasteiger partial charge in [-0.25, -0.2) is 12.8 Å². The zero-order chi connectivity index (χ0) is 19.2. The van der Waals surface area contributed by atoms with Crippen LogP contribution in [0.4, 0.5) is 4.39 Å². The topological polar surface area (TPSA) is 73.8 Å². The maximum absolute atomic E-state index is 13.2. The summed E-state index contributed by atoms with van der Waals surface area (Å²) in [5.74, 6) is 0.453. The Balaban J connectivity index is 0.00000364. The number of halogens is 2. The molecule has 2 N–H and O–H groups in total. The van der Waals surface area contributed by atoms with Crippen molar-refractivity contribution in [1.29, 1.82) is 0 Å². The van der Waals surface area contributed by atoms with Gasteiger partial charge in [-0.1, -0.05) is 6.07 Å². The molecule has 1 aromatic carbocycles. The van der Waals surface area contributed by atoms with Crippen LogP contribution in [0.2, 0.25) is 0 Å². The van der Waals surface area contributed by atoms with Gasteiger partial charge in [0.05, 0.1) is 12.8 Å². The first-order chi connectivity index (χ1) is 12.3. The highest BCUT2D eigenvalue weighted by Crippen LogP contribution is 2.20. The lowest BCUT2D eigenvalue weighted by molar-refractivity contribution is 0.396. The molecule has 1 aliphatic rings. The number of hydrogen-bond donors (Lipinski definition) is 2. The molecule has 1 fully saturated rings. The first-order valence-electron chi connectivity index (χ1n) is 9.05. The highest BCUT2D eigenvalue weighted by Gasteiger charge is 2.31. The fourth-order valence-electron chi connectivity index (χ4n) is 3.22. The standard InChI is InChI=1S/C18H29FN4O2S.HI/c1-4-20-18(21-10-9-15-7-8-16(19)12-14(15)2)22-13-17-6-5-11-23(17)26(3,24)25;/h7-8,12,17H,4-6,9-11,13H2,1-3H3,(H2,20,21,22);1H/t17-;/m1./s1. The van der Waals surface area contributed by atoms with E-state index in [1.165, 1.54) is 18.4 Å². The van der Waals surface area contributed by atoms with Crippen LogP contribution in [0, 0.1) is 12.7 Å². The molecule has 0 unspecified atom stereocenters. The largest absolute Gasteiger partial charge is 0.357 e. The summed E-state index contributed by atoms with van der Waals surface area (Å²) in [4.78, 5) is 4.56. The Morgan fingerprint density at radius 1 is 1.37 bits per heavy atom. The van der Waals surface area contributed by atoms with E-state index >= 15 is 0 Å². The maximum atomic E-state index is 13.2. The lowest BCUT2D eigenvalue weighted by atomic mass is 10.1. The van der Waals surface area contributed by atoms with E-state index in [-0.39, 0.29) is 35.8 Å². The number of guanidine groups is 1. The van der Waals surface area contributed by atoms with Gasteiger partial charge in [0.2, 0.25) is 10.0 Å². The van der Waals surface area contributed by atoms with E-state index in [9.17, 15) is 12.8 Å². The molecule has 0 saturated carbocycles. The Hall–Kier alpha value is -0.940. The minimum Gasteiger partial charge on any atom is -0.357 e. The van der Waals surface area contributed by atoms with Crippen molar-refractivity contribution in [3.8, 4) is 0 Å². The third-order valence-corrected chi connectivity index (χ3v) is 5.88. The van der Waals surface area contributed by atoms with Crippen molar-refractivity contribution in [2.24, 2.45) is 4.99 Å². The number of aryl methyl sites for hydroxylation is 1. The molecular weight excluding hydrogens is 482 g/mol. The van der Waals surface area contributed by atoms with Crippen molar-refractivity contribution in [2.45, 2.75) is 39.2 Å². The Labute approximate surface area is 179 Å². The zero-order valence-electron chi connectivity index (χ0n) is 16.2. The quantitative estimate of drug-likeness (QED) is 0.334. The summed E-state index contributed by atoms with van der Waals surface area (Å²) >= 11 is 0. The van der Waals surface area contributed by atoms with Gasteiger partial charge in [0.1, 0.15) is 5.82 Å². The van der Waals surface area contributed by atoms with Crippen LogP contribution in [-0.2, 0) is 16.4 Å². The third kappa shape index (κ3) is 7.53. The van der Waals surface area contributed by atoms with Gasteiger partial charge in [-0.05, 0) is 56.4 Å². The molecule has 0 aliphatic carbocycles. The molecule has 1 atom stereocenters. The Morgan fingerprint density at radius 2 is 2.11 bits per heavy atom. The average molecular weight is 512 g/mol. The smallest absolute Gasteiger partial charge is 0.211 e. The number of rotatable bonds is 7. The van der Waals surface area contributed by atoms with Crippen LogP contribution in [0.15, 0.2) is 23.2 Å². The van der Waals surface area contributed by atoms with Crippen LogP contribution < -0.4 is 10.6 Å². The second-order valence-corrected chi connectivity index (χ2v) is 8.57. The molecule has 27 heavy (non-hydrogen) atoms. The number of sulfonamides is 1. The minimum atomic E-state index is -3.18. The lowest BCUT2D eigenvalue weighted by Gasteiger charge is -2.21. The van der Waals surface area contributed by atoms with Gasteiger partial charge in [0, 0.05) is 25.7 Å². The summed E-state index contributed by atoms with van der Waals surface area (Å²) < 4.78 is 38.4. The Bertz CT molecular complexity index is 743. The predicted octanol–water partition coefficient (Wildman–Crippen LogP) is 2.27. The molecule has 1 aromatic rings. The molecular formula is C18H30FIN4O2S. The molecule has 1 saturated heterocycles. The summed E-state index contributed by atoms with van der Waals surface area (Å²) in [6, 6.07) is 4.74. The lowest BCUT2D eigenvalue weighted by Crippen LogP contribution is -2.41. The predicted molar refractivity (Wildman–Crippen MR) is 119 cm³/mol. The van der Waals surface area contributed by atoms with E-state index in [2.05, 4.69) is 15.6 Å². The second kappa shape index (κ2) is 11.2. The first-order valence-corrected chi connectivity index (χ1v) is 10.9. The monoisotopic (exact) mass is 512 g/mol. The van der Waals surface area contributed by atoms with E-state index in [0.717, 1.165) is 36.9 Å². The highest BCUT2D eigenvalue weighted by molar-refractivity contribution is 14.0. The molecule has 9 heteroatoms. The molecule has 0 spiro atoms. The molecule has 0 radical (unpaired) electrons. The maximum Gasteiger partial charge on any atom is 0.211 e. The molecule has 0 aromatic heterocycles. The molecule has 1 aliphatic heterocycles. The van der Waals surface area contributed by atoms with Crippen LogP contribution >= 0.6 is 24.0 Å². The van der Waals surface area contributed by atoms with Crippen LogP contribution in [-0.4, -0.2) is 57.2 Å². The van der Waals surface area contributed by atoms with Crippen molar-refractivity contribution in [3.63, 3.8) is 0 Å². The summed E-state index contributed by atoms with van der Waals surface area (Å²) in [5.41, 5.74) is 2.03. The summed E-state index contributed by atoms with van der Waals surface area (Å²) in [6.07, 6.45) is 3.73. The number of hydrogen-bond acceptors (Lipinski definition) is 3. The fourth-order valence-corrected chi connectivity index (χ4v) is 4.40. The van der Waals surface area contributed by atoms with Crippen molar-refractivity contribution < 1.29 is 12.8 Å². The molecule has 0 bridgehead atoms. The Kier molecular flexibility index (Phi) is 9.96. The number of aliphatic imine (C=N–C) groups is 1. The zero-order valence-corrected chi connectivity index (χ0v) is 19.3. The van der Waals surface area contributed by atoms with Crippen molar-refractivity contribution in [1.82, 2.24) is 14.9 Å². The summed E-state index contributed by atoms with van der Waals surface area (Å²) in [6.45, 7) is 6.29. The number of benzene rings is 1. The van der Waals surface area contributed by atoms with Gasteiger partial charge >= 0.3 is 0 Å². The second-order valence-electron chi connectivity index (χ2n) is 6.64. The average Bonchev–Trinajstić information content (AvgIpc) is 3.03. The molecule has 154 valence electrons. The van der Waals surface area contributed by atoms with Crippen molar-refractivity contribution in [3.05, 3.63) is 35.1 Å². The van der Waals surface area contributed by atoms with Crippen LogP contribution in [0.25, 0.3) is 0 Å². The first kappa shape index (κ1) is 24.1. The summed E-state index contributed by atoms with van der Waals surface area (Å²) in [5, 5.41) is 6.45. The SMILES string of the molecule is CCNC(=NC[C@H]1CCCN1S(C)(=O)=O)NCCc1ccc(F)cc1C.I. The Morgan fingerprint density at radius 3 is 2.74 bits per heavy atom. The molecule has 6 nitrogen and oxygen atoms in total. The number of nitrogens with one attached hydrogen (secondary N) is 2. The molecule has 2 rings (SSSR count). The minimum absolute atomic E-state index is 0. The number of nitrogens with zero attached hydrogens (tertiary/aromatic N) is 2. The van der Waals surface area contributed by atoms with E-state index in [4.69, 9.17) is 0 Å². The van der Waals surface area contributed by atoms with Gasteiger partial charge in [0.15, 0.2) is 5.96 Å². The van der Waals surface area contributed by atoms with Crippen molar-refractivity contribution >= 4 is 40.0 Å². The molecule has 0 amide bonds. The van der Waals surface area contributed by atoms with Crippen LogP contribution in [0.3, 0.4) is 0 Å². The van der Waals surface area contributed by atoms with Crippen LogP contribution in [0.5, 0.6) is 0 Å². The van der Waals surface area contributed by atoms with Crippen molar-refractivity contribution in [2.75, 3.05) is 32.4 Å². The fraction of sp³-hybridized carbons (Fsp3) is 0.611. The van der Waals surface area contributed by atoms with Gasteiger partial charge in [-0.2, -0.15) is 4.31 Å². The van der Waals surface area contributed by atoms with E-state index in [0.29, 0.717) is 25.6 Å². The van der Waals surface area contributed by atoms with E-state index in [1.54, 1.807) is 10.4 Å². The van der Waals surface area contributed by atoms with E-state index < -0.39 is 10.0 Å².